The molecule has 118 valence electrons. The molecule has 23 heavy (non-hydrogen) atoms. The molecule has 1 aliphatic carbocycles. The molecule has 0 bridgehead atoms. The van der Waals surface area contributed by atoms with E-state index >= 15 is 0 Å². The van der Waals surface area contributed by atoms with Gasteiger partial charge in [-0.3, -0.25) is 20.7 Å². The zero-order valence-corrected chi connectivity index (χ0v) is 14.0. The molecule has 0 heterocycles. The molecule has 2 aromatic carbocycles. The SMILES string of the molecule is COC(=O)[C-]=C1C(=[C-]C(=O)OC)c2cccc3cccc1c23.[Pd+2]. The summed E-state index contributed by atoms with van der Waals surface area (Å²) in [7, 11) is 2.57. The third-order valence-corrected chi connectivity index (χ3v) is 3.52. The van der Waals surface area contributed by atoms with Crippen molar-refractivity contribution in [3.8, 4) is 0 Å². The molecule has 0 unspecified atom stereocenters. The summed E-state index contributed by atoms with van der Waals surface area (Å²) in [5, 5.41) is 1.98. The van der Waals surface area contributed by atoms with Crippen molar-refractivity contribution in [2.45, 2.75) is 0 Å². The van der Waals surface area contributed by atoms with Crippen LogP contribution in [0, 0.1) is 12.2 Å². The molecule has 5 heteroatoms. The molecule has 4 nitrogen and oxygen atoms in total. The Bertz CT molecular complexity index is 782. The molecule has 0 N–H and O–H groups in total. The second-order valence-electron chi connectivity index (χ2n) is 4.69. The Morgan fingerprint density at radius 3 is 1.65 bits per heavy atom. The molecule has 3 rings (SSSR count). The number of carbonyl (C=O) groups excluding carboxylic acids is 2. The van der Waals surface area contributed by atoms with Crippen LogP contribution in [0.4, 0.5) is 0 Å². The maximum Gasteiger partial charge on any atom is 2.00 e. The van der Waals surface area contributed by atoms with E-state index in [0.717, 1.165) is 21.9 Å². The van der Waals surface area contributed by atoms with Crippen LogP contribution in [0.15, 0.2) is 36.4 Å². The van der Waals surface area contributed by atoms with Crippen molar-refractivity contribution in [1.29, 1.82) is 0 Å². The van der Waals surface area contributed by atoms with E-state index in [9.17, 15) is 9.59 Å². The van der Waals surface area contributed by atoms with Crippen molar-refractivity contribution in [2.24, 2.45) is 0 Å². The first-order valence-electron chi connectivity index (χ1n) is 6.62. The molecule has 0 saturated heterocycles. The van der Waals surface area contributed by atoms with Gasteiger partial charge in [-0.25, -0.2) is 0 Å². The topological polar surface area (TPSA) is 52.6 Å². The first-order chi connectivity index (χ1) is 10.7. The second kappa shape index (κ2) is 6.91. The number of carbonyl (C=O) groups is 2. The Morgan fingerprint density at radius 1 is 0.826 bits per heavy atom. The minimum absolute atomic E-state index is 0. The predicted octanol–water partition coefficient (Wildman–Crippen LogP) is 2.57. The van der Waals surface area contributed by atoms with Gasteiger partial charge in [0.25, 0.3) is 11.9 Å². The summed E-state index contributed by atoms with van der Waals surface area (Å²) < 4.78 is 9.32. The summed E-state index contributed by atoms with van der Waals surface area (Å²) in [6.45, 7) is 0. The van der Waals surface area contributed by atoms with Gasteiger partial charge in [0.2, 0.25) is 0 Å². The Morgan fingerprint density at radius 2 is 1.26 bits per heavy atom. The maximum atomic E-state index is 11.6. The zero-order chi connectivity index (χ0) is 15.7. The average molecular weight is 399 g/mol. The second-order valence-corrected chi connectivity index (χ2v) is 4.69. The van der Waals surface area contributed by atoms with Crippen molar-refractivity contribution >= 4 is 33.9 Å². The molecule has 0 amide bonds. The molecule has 0 aliphatic heterocycles. The normalized spacial score (nSPS) is 15.6. The van der Waals surface area contributed by atoms with E-state index in [4.69, 9.17) is 0 Å². The van der Waals surface area contributed by atoms with Gasteiger partial charge in [-0.05, 0) is 5.39 Å². The van der Waals surface area contributed by atoms with Crippen LogP contribution in [0.1, 0.15) is 11.1 Å². The minimum atomic E-state index is -0.607. The van der Waals surface area contributed by atoms with Crippen LogP contribution in [0.3, 0.4) is 0 Å². The van der Waals surface area contributed by atoms with E-state index in [1.165, 1.54) is 14.2 Å². The van der Waals surface area contributed by atoms with E-state index in [2.05, 4.69) is 21.6 Å². The van der Waals surface area contributed by atoms with Crippen LogP contribution in [0.25, 0.3) is 21.9 Å². The first kappa shape index (κ1) is 17.1. The van der Waals surface area contributed by atoms with Gasteiger partial charge in [0, 0.05) is 0 Å². The van der Waals surface area contributed by atoms with Gasteiger partial charge in [-0.15, -0.1) is 17.5 Å². The molecule has 0 atom stereocenters. The Kier molecular flexibility index (Phi) is 5.15. The number of benzene rings is 2. The van der Waals surface area contributed by atoms with Crippen LogP contribution in [-0.4, -0.2) is 26.2 Å². The molecule has 0 saturated carbocycles. The first-order valence-corrected chi connectivity index (χ1v) is 6.62. The van der Waals surface area contributed by atoms with Crippen LogP contribution in [-0.2, 0) is 39.5 Å². The van der Waals surface area contributed by atoms with Crippen molar-refractivity contribution in [2.75, 3.05) is 14.2 Å². The zero-order valence-electron chi connectivity index (χ0n) is 12.4. The monoisotopic (exact) mass is 398 g/mol. The Hall–Kier alpha value is -2.22. The van der Waals surface area contributed by atoms with Gasteiger partial charge in [0.15, 0.2) is 0 Å². The molecule has 2 aromatic rings. The molecular weight excluding hydrogens is 387 g/mol. The number of hydrogen-bond donors (Lipinski definition) is 0. The van der Waals surface area contributed by atoms with Gasteiger partial charge >= 0.3 is 20.4 Å². The van der Waals surface area contributed by atoms with Gasteiger partial charge < -0.3 is 9.47 Å². The van der Waals surface area contributed by atoms with Crippen LogP contribution >= 0.6 is 0 Å². The maximum absolute atomic E-state index is 11.6. The van der Waals surface area contributed by atoms with Crippen molar-refractivity contribution < 1.29 is 39.5 Å². The van der Waals surface area contributed by atoms with Gasteiger partial charge in [-0.2, -0.15) is 23.3 Å². The van der Waals surface area contributed by atoms with Crippen LogP contribution < -0.4 is 0 Å². The van der Waals surface area contributed by atoms with Gasteiger partial charge in [0.1, 0.15) is 0 Å². The summed E-state index contributed by atoms with van der Waals surface area (Å²) in [5.41, 5.74) is 2.63. The van der Waals surface area contributed by atoms with E-state index in [-0.39, 0.29) is 20.4 Å². The van der Waals surface area contributed by atoms with Gasteiger partial charge in [-0.1, -0.05) is 24.3 Å². The largest absolute Gasteiger partial charge is 2.00 e. The summed E-state index contributed by atoms with van der Waals surface area (Å²) in [5.74, 6) is -1.21. The summed E-state index contributed by atoms with van der Waals surface area (Å²) in [6, 6.07) is 11.5. The Balaban J connectivity index is 0.00000192. The number of rotatable bonds is 2. The third kappa shape index (κ3) is 2.98. The quantitative estimate of drug-likeness (QED) is 0.338. The summed E-state index contributed by atoms with van der Waals surface area (Å²) >= 11 is 0. The van der Waals surface area contributed by atoms with Crippen LogP contribution in [0.5, 0.6) is 0 Å². The minimum Gasteiger partial charge on any atom is -0.476 e. The van der Waals surface area contributed by atoms with E-state index < -0.39 is 11.9 Å². The van der Waals surface area contributed by atoms with E-state index in [0.29, 0.717) is 11.1 Å². The Labute approximate surface area is 147 Å². The number of methoxy groups -OCH3 is 2. The fourth-order valence-corrected chi connectivity index (χ4v) is 2.59. The van der Waals surface area contributed by atoms with Crippen molar-refractivity contribution in [1.82, 2.24) is 0 Å². The smallest absolute Gasteiger partial charge is 0.476 e. The van der Waals surface area contributed by atoms with E-state index in [1.807, 2.05) is 36.4 Å². The van der Waals surface area contributed by atoms with E-state index in [1.54, 1.807) is 0 Å². The molecule has 1 aliphatic rings. The van der Waals surface area contributed by atoms with Crippen LogP contribution in [0.2, 0.25) is 0 Å². The van der Waals surface area contributed by atoms with Crippen molar-refractivity contribution in [3.63, 3.8) is 0 Å². The number of hydrogen-bond acceptors (Lipinski definition) is 4. The molecular formula is C18H12O4Pd. The summed E-state index contributed by atoms with van der Waals surface area (Å²) in [4.78, 5) is 23.3. The number of ether oxygens (including phenoxy) is 2. The standard InChI is InChI=1S/C18H12O4.Pd/c1-21-16(19)9-14-12-7-3-5-11-6-4-8-13(18(11)12)15(14)10-17(20)22-2;/h3-8H,1-2H3;/q-2;+2. The molecule has 0 aromatic heterocycles. The molecule has 0 fully saturated rings. The third-order valence-electron chi connectivity index (χ3n) is 3.52. The number of allylic oxidation sites excluding steroid dienone is 2. The predicted molar refractivity (Wildman–Crippen MR) is 81.3 cm³/mol. The molecule has 0 radical (unpaired) electrons. The average Bonchev–Trinajstić information content (AvgIpc) is 2.83. The van der Waals surface area contributed by atoms with Crippen molar-refractivity contribution in [3.05, 3.63) is 59.7 Å². The summed E-state index contributed by atoms with van der Waals surface area (Å²) in [6.07, 6.45) is 5.33. The molecule has 0 spiro atoms. The fraction of sp³-hybridized carbons (Fsp3) is 0.111. The fourth-order valence-electron chi connectivity index (χ4n) is 2.59. The number of esters is 2. The van der Waals surface area contributed by atoms with Gasteiger partial charge in [0.05, 0.1) is 14.2 Å².